The molecule has 1 aliphatic heterocycles. The van der Waals surface area contributed by atoms with E-state index in [0.717, 1.165) is 34.8 Å². The Kier molecular flexibility index (Phi) is 5.11. The van der Waals surface area contributed by atoms with Crippen LogP contribution in [0.1, 0.15) is 16.1 Å². The van der Waals surface area contributed by atoms with Crippen molar-refractivity contribution in [2.45, 2.75) is 12.6 Å². The highest BCUT2D eigenvalue weighted by molar-refractivity contribution is 5.97. The summed E-state index contributed by atoms with van der Waals surface area (Å²) in [5, 5.41) is 2.86. The Morgan fingerprint density at radius 2 is 1.89 bits per heavy atom. The Labute approximate surface area is 152 Å². The van der Waals surface area contributed by atoms with Gasteiger partial charge in [0.15, 0.2) is 0 Å². The maximum atomic E-state index is 11.8. The van der Waals surface area contributed by atoms with E-state index in [1.54, 1.807) is 6.20 Å². The lowest BCUT2D eigenvalue weighted by Crippen LogP contribution is -2.31. The number of fused-ring (bicyclic) bond motifs is 1. The zero-order valence-electron chi connectivity index (χ0n) is 14.0. The van der Waals surface area contributed by atoms with Crippen molar-refractivity contribution < 1.29 is 22.8 Å². The molecule has 0 atom stereocenters. The molecule has 0 aliphatic carbocycles. The molecule has 9 heteroatoms. The largest absolute Gasteiger partial charge is 0.446 e. The number of aromatic amines is 1. The smallest absolute Gasteiger partial charge is 0.358 e. The number of carbonyl (C=O) groups is 2. The van der Waals surface area contributed by atoms with Crippen LogP contribution in [0.5, 0.6) is 0 Å². The number of nitrogens with one attached hydrogen (secondary N) is 2. The normalized spacial score (nSPS) is 13.2. The minimum Gasteiger partial charge on any atom is -0.358 e. The van der Waals surface area contributed by atoms with Crippen LogP contribution in [0.3, 0.4) is 0 Å². The van der Waals surface area contributed by atoms with Gasteiger partial charge in [0.05, 0.1) is 5.56 Å². The Bertz CT molecular complexity index is 946. The summed E-state index contributed by atoms with van der Waals surface area (Å²) in [6.45, 7) is 0.691. The number of rotatable bonds is 2. The molecular weight excluding hydrogens is 361 g/mol. The summed E-state index contributed by atoms with van der Waals surface area (Å²) in [5.41, 5.74) is 3.73. The van der Waals surface area contributed by atoms with E-state index in [0.29, 0.717) is 6.54 Å². The molecule has 6 nitrogen and oxygen atoms in total. The van der Waals surface area contributed by atoms with Gasteiger partial charge < -0.3 is 14.9 Å². The van der Waals surface area contributed by atoms with Crippen LogP contribution in [-0.4, -0.2) is 39.4 Å². The minimum absolute atomic E-state index is 0.00145. The second-order valence-electron chi connectivity index (χ2n) is 5.73. The molecule has 0 spiro atoms. The molecule has 140 valence electrons. The van der Waals surface area contributed by atoms with Crippen LogP contribution < -0.4 is 5.32 Å². The summed E-state index contributed by atoms with van der Waals surface area (Å²) in [5.74, 6) is 0.855. The lowest BCUT2D eigenvalue weighted by Gasteiger charge is -2.10. The Morgan fingerprint density at radius 3 is 2.52 bits per heavy atom. The van der Waals surface area contributed by atoms with Crippen LogP contribution in [0.4, 0.5) is 13.2 Å². The molecule has 0 fully saturated rings. The molecule has 0 aromatic carbocycles. The highest BCUT2D eigenvalue weighted by Gasteiger charge is 2.25. The van der Waals surface area contributed by atoms with E-state index in [4.69, 9.17) is 4.79 Å². The van der Waals surface area contributed by atoms with Crippen LogP contribution in [0.15, 0.2) is 48.9 Å². The van der Waals surface area contributed by atoms with Gasteiger partial charge in [0.2, 0.25) is 6.29 Å². The van der Waals surface area contributed by atoms with Gasteiger partial charge in [-0.05, 0) is 30.3 Å². The van der Waals surface area contributed by atoms with Crippen molar-refractivity contribution in [1.29, 1.82) is 0 Å². The average molecular weight is 376 g/mol. The van der Waals surface area contributed by atoms with Crippen molar-refractivity contribution >= 4 is 12.2 Å². The zero-order chi connectivity index (χ0) is 19.4. The highest BCUT2D eigenvalue weighted by Crippen LogP contribution is 2.24. The number of amides is 1. The molecule has 0 radical (unpaired) electrons. The Morgan fingerprint density at radius 1 is 1.19 bits per heavy atom. The lowest BCUT2D eigenvalue weighted by atomic mass is 10.1. The lowest BCUT2D eigenvalue weighted by molar-refractivity contribution is -0.156. The molecule has 4 rings (SSSR count). The molecule has 4 heterocycles. The van der Waals surface area contributed by atoms with E-state index in [1.807, 2.05) is 47.3 Å². The van der Waals surface area contributed by atoms with E-state index in [-0.39, 0.29) is 5.91 Å². The second-order valence-corrected chi connectivity index (χ2v) is 5.73. The number of aldehydes is 1. The fraction of sp³-hybridized carbons (Fsp3) is 0.167. The van der Waals surface area contributed by atoms with Crippen molar-refractivity contribution in [2.75, 3.05) is 6.54 Å². The summed E-state index contributed by atoms with van der Waals surface area (Å²) < 4.78 is 33.2. The summed E-state index contributed by atoms with van der Waals surface area (Å²) >= 11 is 0. The Balaban J connectivity index is 0.000000307. The van der Waals surface area contributed by atoms with Crippen molar-refractivity contribution in [3.05, 3.63) is 60.2 Å². The van der Waals surface area contributed by atoms with Gasteiger partial charge in [-0.3, -0.25) is 9.59 Å². The van der Waals surface area contributed by atoms with E-state index in [2.05, 4.69) is 15.3 Å². The quantitative estimate of drug-likeness (QED) is 0.675. The standard InChI is InChI=1S/C16H14N4O.C2HF3O/c21-16-12-10-14(19-13(12)4-6-18-16)11-3-5-17-15(9-11)20-7-1-2-8-20;3-2(4,5)1-6/h1-3,5,7-10,19H,4,6H2,(H,18,21);1H. The van der Waals surface area contributed by atoms with E-state index >= 15 is 0 Å². The van der Waals surface area contributed by atoms with E-state index in [9.17, 15) is 18.0 Å². The summed E-state index contributed by atoms with van der Waals surface area (Å²) in [6, 6.07) is 9.80. The molecule has 2 N–H and O–H groups in total. The first kappa shape index (κ1) is 18.4. The third-order valence-electron chi connectivity index (χ3n) is 3.86. The fourth-order valence-electron chi connectivity index (χ4n) is 2.66. The fourth-order valence-corrected chi connectivity index (χ4v) is 2.66. The predicted molar refractivity (Wildman–Crippen MR) is 91.5 cm³/mol. The predicted octanol–water partition coefficient (Wildman–Crippen LogP) is 2.90. The molecule has 0 saturated heterocycles. The van der Waals surface area contributed by atoms with E-state index < -0.39 is 12.5 Å². The van der Waals surface area contributed by atoms with Gasteiger partial charge in [-0.25, -0.2) is 4.98 Å². The first-order valence-corrected chi connectivity index (χ1v) is 8.00. The van der Waals surface area contributed by atoms with Crippen LogP contribution in [0.2, 0.25) is 0 Å². The summed E-state index contributed by atoms with van der Waals surface area (Å²) in [4.78, 5) is 28.3. The number of hydrogen-bond donors (Lipinski definition) is 2. The minimum atomic E-state index is -4.64. The SMILES string of the molecule is O=C1NCCc2[nH]c(-c3ccnc(-n4cccc4)c3)cc21.O=CC(F)(F)F. The molecule has 1 amide bonds. The number of hydrogen-bond acceptors (Lipinski definition) is 3. The number of pyridine rings is 1. The maximum absolute atomic E-state index is 11.8. The first-order chi connectivity index (χ1) is 12.9. The summed E-state index contributed by atoms with van der Waals surface area (Å²) in [7, 11) is 0. The van der Waals surface area contributed by atoms with Gasteiger partial charge in [0.1, 0.15) is 5.82 Å². The highest BCUT2D eigenvalue weighted by atomic mass is 19.4. The number of H-pyrrole nitrogens is 1. The third kappa shape index (κ3) is 4.43. The van der Waals surface area contributed by atoms with Crippen molar-refractivity contribution in [2.24, 2.45) is 0 Å². The van der Waals surface area contributed by atoms with Gasteiger partial charge in [-0.15, -0.1) is 0 Å². The topological polar surface area (TPSA) is 79.8 Å². The third-order valence-corrected chi connectivity index (χ3v) is 3.86. The number of aromatic nitrogens is 3. The number of carbonyl (C=O) groups excluding carboxylic acids is 2. The zero-order valence-corrected chi connectivity index (χ0v) is 14.0. The second kappa shape index (κ2) is 7.48. The average Bonchev–Trinajstić information content (AvgIpc) is 3.32. The van der Waals surface area contributed by atoms with Crippen molar-refractivity contribution in [3.63, 3.8) is 0 Å². The van der Waals surface area contributed by atoms with Crippen LogP contribution in [0, 0.1) is 0 Å². The molecule has 0 bridgehead atoms. The maximum Gasteiger partial charge on any atom is 0.446 e. The first-order valence-electron chi connectivity index (χ1n) is 8.00. The van der Waals surface area contributed by atoms with Gasteiger partial charge in [-0.2, -0.15) is 13.2 Å². The molecular formula is C18H15F3N4O2. The van der Waals surface area contributed by atoms with Crippen molar-refractivity contribution in [1.82, 2.24) is 19.9 Å². The number of alkyl halides is 3. The van der Waals surface area contributed by atoms with Crippen LogP contribution in [-0.2, 0) is 11.2 Å². The molecule has 3 aromatic rings. The van der Waals surface area contributed by atoms with Gasteiger partial charge in [0, 0.05) is 48.5 Å². The number of halogens is 3. The summed E-state index contributed by atoms with van der Waals surface area (Å²) in [6.07, 6.45) is 0.840. The van der Waals surface area contributed by atoms with Gasteiger partial charge in [-0.1, -0.05) is 0 Å². The number of nitrogens with zero attached hydrogens (tertiary/aromatic N) is 2. The van der Waals surface area contributed by atoms with Crippen molar-refractivity contribution in [3.8, 4) is 17.1 Å². The van der Waals surface area contributed by atoms with Gasteiger partial charge >= 0.3 is 6.18 Å². The van der Waals surface area contributed by atoms with Crippen LogP contribution in [0.25, 0.3) is 17.1 Å². The molecule has 27 heavy (non-hydrogen) atoms. The molecule has 1 aliphatic rings. The van der Waals surface area contributed by atoms with E-state index in [1.165, 1.54) is 0 Å². The Hall–Kier alpha value is -3.36. The van der Waals surface area contributed by atoms with Crippen LogP contribution >= 0.6 is 0 Å². The molecule has 0 unspecified atom stereocenters. The molecule has 3 aromatic heterocycles. The molecule has 0 saturated carbocycles. The monoisotopic (exact) mass is 376 g/mol. The van der Waals surface area contributed by atoms with Gasteiger partial charge in [0.25, 0.3) is 5.91 Å².